The minimum atomic E-state index is -0.585. The molecule has 85 heavy (non-hydrogen) atoms. The molecule has 6 amide bonds. The summed E-state index contributed by atoms with van der Waals surface area (Å²) in [6.07, 6.45) is 20.6. The summed E-state index contributed by atoms with van der Waals surface area (Å²) in [7, 11) is 7.01. The number of urea groups is 3. The molecule has 0 aliphatic rings. The first-order valence-corrected chi connectivity index (χ1v) is 29.1. The predicted octanol–water partition coefficient (Wildman–Crippen LogP) is 10.3. The van der Waals surface area contributed by atoms with E-state index in [4.69, 9.17) is 5.73 Å². The van der Waals surface area contributed by atoms with Crippen LogP contribution in [0.25, 0.3) is 6.15 Å². The van der Waals surface area contributed by atoms with Crippen LogP contribution in [0.15, 0.2) is 23.4 Å². The maximum absolute atomic E-state index is 11.6. The third-order valence-corrected chi connectivity index (χ3v) is 13.6. The summed E-state index contributed by atoms with van der Waals surface area (Å²) >= 11 is 4.18. The maximum Gasteiger partial charge on any atom is 0.315 e. The number of carbonyl (C=O) groups is 7. The standard InChI is InChI=1S/C19H30N5O4S2.C15H30N3O2.C14H27N2O2S.C4H8NO.4CH3.H2N.5Y/c1-15(16(2)25)22-19(26)21-11-13-23(3)12-6-4-5-7-14-29-30-18-17(24(27)28)9-8-10-20-18;1-5-6-7-8-9-11-18(4)12-10-16-15(20)17-13(2)14(3)19;1-12(13(2)17)16-14(18)15-10-8-6-4-3-5-7-9-11-19;1-3(5)4(2)6;;;;;;;;;;/h8-10,15H,2,4-7,11-14H2,1,3H3,(H2,21,22,26);13H,3,5-12H2,1-2,4H3,(H2,16,17,20);12,19H,2-11H2,1H3,(H2,15,16,18);3H,2,5H2,1H3;4*1H3;1H2;;;;;/q9*-1;;;;;/t15-;13-;12-;3-;;;;;;;;;;/m1111........../s1. The number of hydrogen-bond acceptors (Lipinski definition) is 16. The van der Waals surface area contributed by atoms with Crippen LogP contribution in [-0.2, 0) is 183 Å². The number of hydrogen-bond donors (Lipinski definition) is 8. The number of ketones is 4. The average molecular weight is 1640 g/mol. The number of pyridine rings is 1. The van der Waals surface area contributed by atoms with Crippen LogP contribution in [0.1, 0.15) is 137 Å². The van der Waals surface area contributed by atoms with Crippen molar-refractivity contribution in [1.82, 2.24) is 46.7 Å². The first-order chi connectivity index (χ1) is 35.5. The van der Waals surface area contributed by atoms with E-state index in [0.717, 1.165) is 76.2 Å². The molecule has 0 spiro atoms. The van der Waals surface area contributed by atoms with Crippen molar-refractivity contribution >= 4 is 81.1 Å². The van der Waals surface area contributed by atoms with Crippen molar-refractivity contribution in [3.63, 3.8) is 0 Å². The van der Waals surface area contributed by atoms with Crippen molar-refractivity contribution < 1.29 is 202 Å². The first kappa shape index (κ1) is 117. The molecule has 0 saturated carbocycles. The Balaban J connectivity index is -0.0000000768. The number of amides is 6. The maximum atomic E-state index is 11.6. The fourth-order valence-electron chi connectivity index (χ4n) is 5.82. The molecular weight excluding hydrogens is 1530 g/mol. The van der Waals surface area contributed by atoms with Gasteiger partial charge in [-0.3, -0.25) is 10.1 Å². The van der Waals surface area contributed by atoms with Gasteiger partial charge in [0.15, 0.2) is 5.03 Å². The summed E-state index contributed by atoms with van der Waals surface area (Å²) in [4.78, 5) is 96.0. The predicted molar refractivity (Wildman–Crippen MR) is 342 cm³/mol. The Labute approximate surface area is 656 Å². The summed E-state index contributed by atoms with van der Waals surface area (Å²) in [5.74, 6) is 0.794. The van der Waals surface area contributed by atoms with E-state index in [2.05, 4.69) is 101 Å². The second-order valence-corrected chi connectivity index (χ2v) is 21.0. The van der Waals surface area contributed by atoms with Gasteiger partial charge < -0.3 is 130 Å². The normalized spacial score (nSPS) is 10.7. The molecule has 10 N–H and O–H groups in total. The zero-order chi connectivity index (χ0) is 57.4. The van der Waals surface area contributed by atoms with Gasteiger partial charge in [-0.05, 0) is 110 Å². The Bertz CT molecular complexity index is 1750. The summed E-state index contributed by atoms with van der Waals surface area (Å²) in [6.45, 7) is 26.8. The number of rotatable bonds is 38. The van der Waals surface area contributed by atoms with Gasteiger partial charge >= 0.3 is 23.8 Å². The van der Waals surface area contributed by atoms with Crippen LogP contribution >= 0.6 is 34.2 Å². The largest absolute Gasteiger partial charge is 0.693 e. The van der Waals surface area contributed by atoms with Gasteiger partial charge in [-0.2, -0.15) is 12.6 Å². The average Bonchev–Trinajstić information content (AvgIpc) is 3.34. The van der Waals surface area contributed by atoms with E-state index in [1.54, 1.807) is 50.8 Å². The van der Waals surface area contributed by atoms with Crippen molar-refractivity contribution in [2.75, 3.05) is 71.4 Å². The molecule has 0 unspecified atom stereocenters. The number of likely N-dealkylation sites (N-methyl/N-ethyl adjacent to an activating group) is 2. The van der Waals surface area contributed by atoms with Crippen LogP contribution in [0.3, 0.4) is 0 Å². The van der Waals surface area contributed by atoms with Crippen molar-refractivity contribution in [2.45, 2.75) is 167 Å². The fraction of sp³-hybridized carbons (Fsp3) is 0.643. The van der Waals surface area contributed by atoms with Gasteiger partial charge in [0, 0.05) is 243 Å². The minimum absolute atomic E-state index is 0. The van der Waals surface area contributed by atoms with E-state index < -0.39 is 29.1 Å². The number of nitrogens with two attached hydrogens (primary N) is 2. The fourth-order valence-corrected chi connectivity index (χ4v) is 8.21. The van der Waals surface area contributed by atoms with Crippen molar-refractivity contribution in [2.24, 2.45) is 5.73 Å². The molecule has 4 atom stereocenters. The van der Waals surface area contributed by atoms with Crippen LogP contribution in [0.2, 0.25) is 0 Å². The number of Topliss-reactive ketones (excluding diaryl/α,β-unsaturated/α-hetero) is 4. The van der Waals surface area contributed by atoms with Crippen LogP contribution in [0.5, 0.6) is 0 Å². The molecule has 1 aromatic rings. The van der Waals surface area contributed by atoms with E-state index in [-0.39, 0.29) is 246 Å². The van der Waals surface area contributed by atoms with Gasteiger partial charge in [-0.15, -0.1) is 0 Å². The smallest absolute Gasteiger partial charge is 0.315 e. The number of nitrogens with zero attached hydrogens (tertiary/aromatic N) is 4. The van der Waals surface area contributed by atoms with Crippen molar-refractivity contribution in [1.29, 1.82) is 0 Å². The monoisotopic (exact) mass is 1630 g/mol. The number of nitrogens with one attached hydrogen (secondary N) is 6. The van der Waals surface area contributed by atoms with E-state index in [9.17, 15) is 43.7 Å². The van der Waals surface area contributed by atoms with Crippen LogP contribution in [-0.4, -0.2) is 157 Å². The molecule has 1 rings (SSSR count). The van der Waals surface area contributed by atoms with E-state index in [0.29, 0.717) is 24.7 Å². The summed E-state index contributed by atoms with van der Waals surface area (Å²) in [5, 5.41) is 27.2. The van der Waals surface area contributed by atoms with Crippen LogP contribution in [0, 0.1) is 67.5 Å². The third-order valence-electron chi connectivity index (χ3n) is 10.9. The third kappa shape index (κ3) is 81.0. The molecule has 1 heterocycles. The van der Waals surface area contributed by atoms with Crippen LogP contribution in [0.4, 0.5) is 20.1 Å². The quantitative estimate of drug-likeness (QED) is 0.00762. The number of unbranched alkanes of at least 4 members (excludes halogenated alkanes) is 13. The summed E-state index contributed by atoms with van der Waals surface area (Å²) in [6, 6.07) is 0.0323. The molecule has 489 valence electrons. The molecule has 29 heteroatoms. The molecule has 1 aromatic heterocycles. The molecular formula is C56H109N12O9S3Y5-9. The molecule has 0 saturated heterocycles. The van der Waals surface area contributed by atoms with Gasteiger partial charge in [-0.25, -0.2) is 19.4 Å². The van der Waals surface area contributed by atoms with Gasteiger partial charge in [0.25, 0.3) is 0 Å². The summed E-state index contributed by atoms with van der Waals surface area (Å²) < 4.78 is 0. The van der Waals surface area contributed by atoms with Gasteiger partial charge in [0.1, 0.15) is 0 Å². The SMILES string of the molecule is [CH2-]C(=O)[C@@H](C)N.[CH2-]C(=O)[C@@H](C)NC(=O)NCCCCCCCCCS.[CH2-]C(=O)[C@@H](C)NC(=O)NCCN(C)CCCCCCC.[CH2-]C(=O)[C@@H](C)NC(=O)NCCN(C)CCCCCCSSc1ncccc1[N+](=O)[O-].[CH3-].[CH3-].[CH3-].[CH3-].[NH2-].[Y].[Y].[Y].[Y].[Y]. The zero-order valence-electron chi connectivity index (χ0n) is 53.8. The van der Waals surface area contributed by atoms with Gasteiger partial charge in [0.2, 0.25) is 0 Å². The minimum Gasteiger partial charge on any atom is -0.693 e. The molecule has 0 aliphatic carbocycles. The second-order valence-electron chi connectivity index (χ2n) is 18.1. The van der Waals surface area contributed by atoms with Crippen molar-refractivity contribution in [3.8, 4) is 0 Å². The van der Waals surface area contributed by atoms with Crippen LogP contribution < -0.4 is 37.6 Å². The number of aromatic nitrogens is 1. The summed E-state index contributed by atoms with van der Waals surface area (Å²) in [5.41, 5.74) is 5.07. The Kier molecular flexibility index (Phi) is 111. The number of nitro groups is 1. The van der Waals surface area contributed by atoms with Gasteiger partial charge in [0.05, 0.1) is 23.0 Å². The van der Waals surface area contributed by atoms with E-state index >= 15 is 0 Å². The Hall–Kier alpha value is 0.929. The van der Waals surface area contributed by atoms with E-state index in [1.807, 2.05) is 7.05 Å². The topological polar surface area (TPSA) is 314 Å². The number of carbonyl (C=O) groups excluding carboxylic acids is 7. The molecule has 0 fully saturated rings. The number of thiol groups is 1. The van der Waals surface area contributed by atoms with E-state index in [1.165, 1.54) is 81.1 Å². The Morgan fingerprint density at radius 1 is 0.588 bits per heavy atom. The first-order valence-electron chi connectivity index (χ1n) is 26.2. The molecule has 0 aliphatic heterocycles. The zero-order valence-corrected chi connectivity index (χ0v) is 70.5. The Morgan fingerprint density at radius 3 is 1.28 bits per heavy atom. The molecule has 5 radical (unpaired) electrons. The molecule has 21 nitrogen and oxygen atoms in total. The van der Waals surface area contributed by atoms with Crippen molar-refractivity contribution in [3.05, 3.63) is 92.0 Å². The second kappa shape index (κ2) is 81.0. The molecule has 0 bridgehead atoms. The Morgan fingerprint density at radius 2 is 0.929 bits per heavy atom. The molecule has 0 aromatic carbocycles. The van der Waals surface area contributed by atoms with Gasteiger partial charge in [-0.1, -0.05) is 88.3 Å².